The highest BCUT2D eigenvalue weighted by atomic mass is 14.6. The quantitative estimate of drug-likeness (QED) is 0.485. The number of nitrogens with zero attached hydrogens (tertiary/aromatic N) is 1. The molecule has 0 bridgehead atoms. The van der Waals surface area contributed by atoms with Crippen LogP contribution in [0.4, 0.5) is 0 Å². The molecule has 0 aliphatic heterocycles. The van der Waals surface area contributed by atoms with E-state index in [-0.39, 0.29) is 0 Å². The van der Waals surface area contributed by atoms with Gasteiger partial charge in [0, 0.05) is 13.3 Å². The highest BCUT2D eigenvalue weighted by Crippen LogP contribution is 2.05. The van der Waals surface area contributed by atoms with Crippen molar-refractivity contribution in [2.75, 3.05) is 7.05 Å². The van der Waals surface area contributed by atoms with Gasteiger partial charge >= 0.3 is 0 Å². The predicted molar refractivity (Wildman–Crippen MR) is 38.4 cm³/mol. The zero-order valence-electron chi connectivity index (χ0n) is 6.18. The summed E-state index contributed by atoms with van der Waals surface area (Å²) in [6.45, 7) is 6.58. The van der Waals surface area contributed by atoms with E-state index in [1.54, 1.807) is 0 Å². The van der Waals surface area contributed by atoms with Crippen molar-refractivity contribution in [1.82, 2.24) is 0 Å². The van der Waals surface area contributed by atoms with Crippen molar-refractivity contribution in [2.24, 2.45) is 16.8 Å². The van der Waals surface area contributed by atoms with Gasteiger partial charge in [0.2, 0.25) is 0 Å². The summed E-state index contributed by atoms with van der Waals surface area (Å²) in [6.07, 6.45) is 1.99. The molecule has 1 heteroatoms. The second-order valence-electron chi connectivity index (χ2n) is 2.51. The fourth-order valence-corrected chi connectivity index (χ4v) is 0.407. The number of rotatable bonds is 2. The molecule has 0 aliphatic carbocycles. The Kier molecular flexibility index (Phi) is 3.49. The summed E-state index contributed by atoms with van der Waals surface area (Å²) in [5.41, 5.74) is 0. The average Bonchev–Trinajstić information content (AvgIpc) is 1.67. The van der Waals surface area contributed by atoms with Gasteiger partial charge in [-0.1, -0.05) is 20.8 Å². The number of hydrogen-bond donors (Lipinski definition) is 0. The van der Waals surface area contributed by atoms with Crippen LogP contribution in [0.5, 0.6) is 0 Å². The van der Waals surface area contributed by atoms with E-state index in [2.05, 4.69) is 25.8 Å². The van der Waals surface area contributed by atoms with E-state index >= 15 is 0 Å². The van der Waals surface area contributed by atoms with E-state index in [1.165, 1.54) is 0 Å². The molecule has 0 spiro atoms. The van der Waals surface area contributed by atoms with E-state index < -0.39 is 0 Å². The van der Waals surface area contributed by atoms with Gasteiger partial charge in [-0.25, -0.2) is 0 Å². The molecule has 0 fully saturated rings. The Morgan fingerprint density at radius 3 is 1.88 bits per heavy atom. The lowest BCUT2D eigenvalue weighted by molar-refractivity contribution is 0.540. The maximum absolute atomic E-state index is 3.93. The van der Waals surface area contributed by atoms with Gasteiger partial charge in [-0.3, -0.25) is 0 Å². The summed E-state index contributed by atoms with van der Waals surface area (Å²) in [6, 6.07) is 0. The Morgan fingerprint density at radius 2 is 1.75 bits per heavy atom. The zero-order valence-corrected chi connectivity index (χ0v) is 6.18. The lowest BCUT2D eigenvalue weighted by Gasteiger charge is -2.07. The monoisotopic (exact) mass is 113 g/mol. The van der Waals surface area contributed by atoms with E-state index in [0.29, 0.717) is 5.92 Å². The molecule has 0 rings (SSSR count). The van der Waals surface area contributed by atoms with E-state index in [9.17, 15) is 0 Å². The molecule has 48 valence electrons. The minimum absolute atomic E-state index is 0.625. The zero-order chi connectivity index (χ0) is 6.57. The first kappa shape index (κ1) is 7.67. The minimum Gasteiger partial charge on any atom is -0.301 e. The third kappa shape index (κ3) is 2.78. The Hall–Kier alpha value is -0.330. The fraction of sp³-hybridized carbons (Fsp3) is 0.857. The lowest BCUT2D eigenvalue weighted by Crippen LogP contribution is -2.04. The molecule has 1 nitrogen and oxygen atoms in total. The van der Waals surface area contributed by atoms with Gasteiger partial charge in [-0.05, 0) is 11.8 Å². The smallest absolute Gasteiger partial charge is 0.0273 e. The second-order valence-corrected chi connectivity index (χ2v) is 2.51. The topological polar surface area (TPSA) is 12.4 Å². The van der Waals surface area contributed by atoms with Crippen LogP contribution < -0.4 is 0 Å². The molecular formula is C7H15N. The molecule has 1 unspecified atom stereocenters. The van der Waals surface area contributed by atoms with Crippen molar-refractivity contribution >= 4 is 6.21 Å². The Morgan fingerprint density at radius 1 is 1.25 bits per heavy atom. The average molecular weight is 113 g/mol. The maximum atomic E-state index is 3.93. The first-order valence-corrected chi connectivity index (χ1v) is 3.10. The minimum atomic E-state index is 0.625. The third-order valence-electron chi connectivity index (χ3n) is 1.44. The molecule has 0 aromatic carbocycles. The van der Waals surface area contributed by atoms with Gasteiger partial charge in [0.15, 0.2) is 0 Å². The lowest BCUT2D eigenvalue weighted by atomic mass is 10.00. The van der Waals surface area contributed by atoms with Gasteiger partial charge in [-0.15, -0.1) is 0 Å². The molecule has 0 aliphatic rings. The van der Waals surface area contributed by atoms with E-state index in [4.69, 9.17) is 0 Å². The van der Waals surface area contributed by atoms with Crippen LogP contribution in [0.2, 0.25) is 0 Å². The normalized spacial score (nSPS) is 15.6. The molecule has 0 radical (unpaired) electrons. The predicted octanol–water partition coefficient (Wildman–Crippen LogP) is 1.98. The van der Waals surface area contributed by atoms with Crippen LogP contribution in [0.3, 0.4) is 0 Å². The molecule has 1 atom stereocenters. The largest absolute Gasteiger partial charge is 0.301 e. The van der Waals surface area contributed by atoms with Crippen LogP contribution in [-0.2, 0) is 0 Å². The van der Waals surface area contributed by atoms with Crippen LogP contribution in [0.15, 0.2) is 4.99 Å². The summed E-state index contributed by atoms with van der Waals surface area (Å²) in [5.74, 6) is 1.35. The molecule has 0 aromatic heterocycles. The summed E-state index contributed by atoms with van der Waals surface area (Å²) >= 11 is 0. The number of hydrogen-bond acceptors (Lipinski definition) is 1. The summed E-state index contributed by atoms with van der Waals surface area (Å²) < 4.78 is 0. The second kappa shape index (κ2) is 3.65. The van der Waals surface area contributed by atoms with Gasteiger partial charge < -0.3 is 4.99 Å². The van der Waals surface area contributed by atoms with Crippen LogP contribution >= 0.6 is 0 Å². The van der Waals surface area contributed by atoms with Crippen LogP contribution in [0.1, 0.15) is 20.8 Å². The molecule has 0 N–H and O–H groups in total. The fourth-order valence-electron chi connectivity index (χ4n) is 0.407. The SMILES string of the molecule is CN=CC(C)C(C)C. The van der Waals surface area contributed by atoms with Gasteiger partial charge in [0.25, 0.3) is 0 Å². The first-order valence-electron chi connectivity index (χ1n) is 3.10. The van der Waals surface area contributed by atoms with Crippen molar-refractivity contribution in [1.29, 1.82) is 0 Å². The highest BCUT2D eigenvalue weighted by molar-refractivity contribution is 5.60. The Bertz CT molecular complexity index is 74.5. The first-order chi connectivity index (χ1) is 3.68. The van der Waals surface area contributed by atoms with E-state index in [1.807, 2.05) is 13.3 Å². The Balaban J connectivity index is 3.47. The molecule has 0 heterocycles. The van der Waals surface area contributed by atoms with E-state index in [0.717, 1.165) is 5.92 Å². The van der Waals surface area contributed by atoms with Crippen molar-refractivity contribution in [3.63, 3.8) is 0 Å². The summed E-state index contributed by atoms with van der Waals surface area (Å²) in [7, 11) is 1.82. The van der Waals surface area contributed by atoms with Gasteiger partial charge in [0.1, 0.15) is 0 Å². The molecule has 8 heavy (non-hydrogen) atoms. The molecule has 0 saturated carbocycles. The van der Waals surface area contributed by atoms with Crippen LogP contribution in [-0.4, -0.2) is 13.3 Å². The van der Waals surface area contributed by atoms with Crippen molar-refractivity contribution in [3.8, 4) is 0 Å². The maximum Gasteiger partial charge on any atom is 0.0273 e. The highest BCUT2D eigenvalue weighted by Gasteiger charge is 2.00. The van der Waals surface area contributed by atoms with Crippen molar-refractivity contribution < 1.29 is 0 Å². The molecule has 0 aromatic rings. The van der Waals surface area contributed by atoms with Crippen LogP contribution in [0, 0.1) is 11.8 Å². The molecule has 0 saturated heterocycles. The molecule has 0 amide bonds. The summed E-state index contributed by atoms with van der Waals surface area (Å²) in [4.78, 5) is 3.93. The summed E-state index contributed by atoms with van der Waals surface area (Å²) in [5, 5.41) is 0. The van der Waals surface area contributed by atoms with Gasteiger partial charge in [0.05, 0.1) is 0 Å². The van der Waals surface area contributed by atoms with Crippen LogP contribution in [0.25, 0.3) is 0 Å². The third-order valence-corrected chi connectivity index (χ3v) is 1.44. The Labute approximate surface area is 51.8 Å². The van der Waals surface area contributed by atoms with Crippen molar-refractivity contribution in [2.45, 2.75) is 20.8 Å². The molecular weight excluding hydrogens is 98.1 g/mol. The van der Waals surface area contributed by atoms with Crippen molar-refractivity contribution in [3.05, 3.63) is 0 Å². The van der Waals surface area contributed by atoms with Gasteiger partial charge in [-0.2, -0.15) is 0 Å². The standard InChI is InChI=1S/C7H15N/c1-6(2)7(3)5-8-4/h5-7H,1-4H3. The number of aliphatic imine (C=N–C) groups is 1.